The number of aryl methyl sites for hydroxylation is 1. The van der Waals surface area contributed by atoms with E-state index in [1.807, 2.05) is 42.2 Å². The first-order valence-electron chi connectivity index (χ1n) is 8.35. The maximum absolute atomic E-state index is 12.6. The Bertz CT molecular complexity index is 987. The normalized spacial score (nSPS) is 25.4. The minimum Gasteiger partial charge on any atom is -0.315 e. The van der Waals surface area contributed by atoms with Crippen LogP contribution in [0.4, 0.5) is 5.69 Å². The summed E-state index contributed by atoms with van der Waals surface area (Å²) in [5.74, 6) is -0.0876. The van der Waals surface area contributed by atoms with Crippen LogP contribution in [0.2, 0.25) is 0 Å². The summed E-state index contributed by atoms with van der Waals surface area (Å²) >= 11 is 1.39. The molecule has 2 fully saturated rings. The summed E-state index contributed by atoms with van der Waals surface area (Å²) in [6.45, 7) is 1.98. The number of amides is 1. The van der Waals surface area contributed by atoms with Crippen LogP contribution in [0.5, 0.6) is 0 Å². The van der Waals surface area contributed by atoms with Gasteiger partial charge in [-0.2, -0.15) is 4.99 Å². The van der Waals surface area contributed by atoms with Crippen molar-refractivity contribution in [2.75, 3.05) is 16.4 Å². The predicted octanol–water partition coefficient (Wildman–Crippen LogP) is 2.91. The highest BCUT2D eigenvalue weighted by Gasteiger charge is 2.49. The fourth-order valence-corrected chi connectivity index (χ4v) is 7.32. The van der Waals surface area contributed by atoms with E-state index in [9.17, 15) is 13.2 Å². The summed E-state index contributed by atoms with van der Waals surface area (Å²) in [5.41, 5.74) is 2.46. The van der Waals surface area contributed by atoms with Crippen molar-refractivity contribution in [2.45, 2.75) is 18.2 Å². The third-order valence-corrected chi connectivity index (χ3v) is 7.87. The van der Waals surface area contributed by atoms with Crippen molar-refractivity contribution >= 4 is 38.4 Å². The number of anilines is 1. The molecule has 5 nitrogen and oxygen atoms in total. The molecule has 2 aromatic carbocycles. The van der Waals surface area contributed by atoms with E-state index >= 15 is 0 Å². The van der Waals surface area contributed by atoms with Gasteiger partial charge < -0.3 is 4.90 Å². The van der Waals surface area contributed by atoms with E-state index in [4.69, 9.17) is 0 Å². The largest absolute Gasteiger partial charge is 0.315 e. The van der Waals surface area contributed by atoms with Gasteiger partial charge in [0.25, 0.3) is 5.91 Å². The number of nitrogens with zero attached hydrogens (tertiary/aromatic N) is 2. The number of hydrogen-bond acceptors (Lipinski definition) is 4. The lowest BCUT2D eigenvalue weighted by molar-refractivity contribution is 0.100. The second kappa shape index (κ2) is 6.55. The highest BCUT2D eigenvalue weighted by atomic mass is 32.2. The SMILES string of the molecule is Cc1ccccc1N1C(=NC(=O)c2ccccc2)S[C@H]2CS(=O)(=O)C[C@@H]21. The molecule has 7 heteroatoms. The molecule has 2 saturated heterocycles. The summed E-state index contributed by atoms with van der Waals surface area (Å²) in [7, 11) is -3.07. The van der Waals surface area contributed by atoms with Gasteiger partial charge in [0.2, 0.25) is 0 Å². The molecule has 134 valence electrons. The van der Waals surface area contributed by atoms with Gasteiger partial charge in [0.1, 0.15) is 0 Å². The van der Waals surface area contributed by atoms with Crippen molar-refractivity contribution in [1.82, 2.24) is 0 Å². The average Bonchev–Trinajstić information content (AvgIpc) is 3.07. The Kier molecular flexibility index (Phi) is 4.36. The third kappa shape index (κ3) is 3.17. The van der Waals surface area contributed by atoms with Crippen LogP contribution in [-0.2, 0) is 9.84 Å². The number of thioether (sulfide) groups is 1. The number of para-hydroxylation sites is 1. The van der Waals surface area contributed by atoms with E-state index in [1.165, 1.54) is 11.8 Å². The van der Waals surface area contributed by atoms with Crippen molar-refractivity contribution in [1.29, 1.82) is 0 Å². The molecule has 2 aliphatic rings. The van der Waals surface area contributed by atoms with Gasteiger partial charge >= 0.3 is 0 Å². The van der Waals surface area contributed by atoms with Crippen molar-refractivity contribution in [2.24, 2.45) is 4.99 Å². The van der Waals surface area contributed by atoms with Crippen LogP contribution in [0.25, 0.3) is 0 Å². The Morgan fingerprint density at radius 3 is 2.50 bits per heavy atom. The number of aliphatic imine (C=N–C) groups is 1. The number of fused-ring (bicyclic) bond motifs is 1. The minimum absolute atomic E-state index is 0.0948. The zero-order valence-corrected chi connectivity index (χ0v) is 15.8. The lowest BCUT2D eigenvalue weighted by atomic mass is 10.1. The molecule has 4 rings (SSSR count). The van der Waals surface area contributed by atoms with Crippen LogP contribution in [0, 0.1) is 6.92 Å². The van der Waals surface area contributed by atoms with E-state index in [0.29, 0.717) is 10.7 Å². The van der Waals surface area contributed by atoms with Crippen LogP contribution < -0.4 is 4.90 Å². The molecular formula is C19H18N2O3S2. The van der Waals surface area contributed by atoms with Crippen molar-refractivity contribution in [3.63, 3.8) is 0 Å². The number of sulfone groups is 1. The maximum atomic E-state index is 12.6. The highest BCUT2D eigenvalue weighted by molar-refractivity contribution is 8.16. The number of benzene rings is 2. The molecule has 0 spiro atoms. The zero-order chi connectivity index (χ0) is 18.3. The molecule has 0 radical (unpaired) electrons. The van der Waals surface area contributed by atoms with Crippen LogP contribution in [0.3, 0.4) is 0 Å². The molecule has 0 saturated carbocycles. The average molecular weight is 386 g/mol. The minimum atomic E-state index is -3.07. The molecule has 1 amide bonds. The first-order valence-corrected chi connectivity index (χ1v) is 11.0. The van der Waals surface area contributed by atoms with Crippen molar-refractivity contribution in [3.8, 4) is 0 Å². The van der Waals surface area contributed by atoms with Gasteiger partial charge in [0, 0.05) is 16.5 Å². The van der Waals surface area contributed by atoms with Crippen molar-refractivity contribution < 1.29 is 13.2 Å². The monoisotopic (exact) mass is 386 g/mol. The fraction of sp³-hybridized carbons (Fsp3) is 0.263. The van der Waals surface area contributed by atoms with Crippen molar-refractivity contribution in [3.05, 3.63) is 65.7 Å². The zero-order valence-electron chi connectivity index (χ0n) is 14.2. The lowest BCUT2D eigenvalue weighted by Crippen LogP contribution is -2.38. The Morgan fingerprint density at radius 2 is 1.77 bits per heavy atom. The molecule has 0 bridgehead atoms. The Hall–Kier alpha value is -2.12. The summed E-state index contributed by atoms with van der Waals surface area (Å²) < 4.78 is 24.2. The standard InChI is InChI=1S/C19H18N2O3S2/c1-13-7-5-6-10-15(13)21-16-11-26(23,24)12-17(16)25-19(21)20-18(22)14-8-3-2-4-9-14/h2-10,16-17H,11-12H2,1H3/t16-,17-/m0/s1. The van der Waals surface area contributed by atoms with Gasteiger partial charge in [-0.3, -0.25) is 4.79 Å². The van der Waals surface area contributed by atoms with E-state index in [0.717, 1.165) is 11.3 Å². The molecule has 0 N–H and O–H groups in total. The molecule has 2 heterocycles. The maximum Gasteiger partial charge on any atom is 0.279 e. The number of carbonyl (C=O) groups is 1. The molecular weight excluding hydrogens is 368 g/mol. The van der Waals surface area contributed by atoms with Gasteiger partial charge in [0.15, 0.2) is 15.0 Å². The van der Waals surface area contributed by atoms with Crippen LogP contribution in [0.1, 0.15) is 15.9 Å². The van der Waals surface area contributed by atoms with Gasteiger partial charge in [-0.15, -0.1) is 0 Å². The summed E-state index contributed by atoms with van der Waals surface area (Å²) in [5, 5.41) is 0.486. The third-order valence-electron chi connectivity index (χ3n) is 4.66. The number of amidine groups is 1. The van der Waals surface area contributed by atoms with Gasteiger partial charge in [0.05, 0.1) is 17.5 Å². The van der Waals surface area contributed by atoms with E-state index < -0.39 is 9.84 Å². The molecule has 0 aromatic heterocycles. The number of hydrogen-bond donors (Lipinski definition) is 0. The summed E-state index contributed by atoms with van der Waals surface area (Å²) in [6.07, 6.45) is 0. The van der Waals surface area contributed by atoms with E-state index in [-0.39, 0.29) is 28.7 Å². The molecule has 2 atom stereocenters. The molecule has 2 aromatic rings. The Morgan fingerprint density at radius 1 is 1.08 bits per heavy atom. The predicted molar refractivity (Wildman–Crippen MR) is 106 cm³/mol. The first-order chi connectivity index (χ1) is 12.4. The topological polar surface area (TPSA) is 66.8 Å². The Balaban J connectivity index is 1.75. The summed E-state index contributed by atoms with van der Waals surface area (Å²) in [6, 6.07) is 16.5. The lowest BCUT2D eigenvalue weighted by Gasteiger charge is -2.26. The highest BCUT2D eigenvalue weighted by Crippen LogP contribution is 2.41. The fourth-order valence-electron chi connectivity index (χ4n) is 3.41. The van der Waals surface area contributed by atoms with E-state index in [2.05, 4.69) is 4.99 Å². The molecule has 26 heavy (non-hydrogen) atoms. The van der Waals surface area contributed by atoms with Crippen LogP contribution in [0.15, 0.2) is 59.6 Å². The molecule has 0 aliphatic carbocycles. The second-order valence-corrected chi connectivity index (χ2v) is 9.88. The quantitative estimate of drug-likeness (QED) is 0.794. The summed E-state index contributed by atoms with van der Waals surface area (Å²) in [4.78, 5) is 18.9. The van der Waals surface area contributed by atoms with Gasteiger partial charge in [-0.1, -0.05) is 48.2 Å². The first kappa shape index (κ1) is 17.3. The molecule has 2 aliphatic heterocycles. The van der Waals surface area contributed by atoms with E-state index in [1.54, 1.807) is 24.3 Å². The second-order valence-electron chi connectivity index (χ2n) is 6.52. The smallest absolute Gasteiger partial charge is 0.279 e. The van der Waals surface area contributed by atoms with Crippen LogP contribution in [-0.4, -0.2) is 42.3 Å². The number of carbonyl (C=O) groups excluding carboxylic acids is 1. The van der Waals surface area contributed by atoms with Crippen LogP contribution >= 0.6 is 11.8 Å². The number of rotatable bonds is 2. The molecule has 0 unspecified atom stereocenters. The Labute approximate surface area is 157 Å². The van der Waals surface area contributed by atoms with Gasteiger partial charge in [-0.05, 0) is 30.7 Å². The van der Waals surface area contributed by atoms with Gasteiger partial charge in [-0.25, -0.2) is 8.42 Å².